The van der Waals surface area contributed by atoms with Gasteiger partial charge in [-0.1, -0.05) is 267 Å². The number of nitrogens with zero attached hydrogens (tertiary/aromatic N) is 1. The molecule has 13 aromatic carbocycles. The van der Waals surface area contributed by atoms with Crippen LogP contribution in [0.4, 0.5) is 17.1 Å². The molecule has 1 nitrogen and oxygen atoms in total. The second-order valence-electron chi connectivity index (χ2n) is 21.0. The lowest BCUT2D eigenvalue weighted by molar-refractivity contribution is 0.768. The largest absolute Gasteiger partial charge is 0.310 e. The van der Waals surface area contributed by atoms with E-state index < -0.39 is 10.8 Å². The minimum Gasteiger partial charge on any atom is -0.310 e. The molecule has 0 N–H and O–H groups in total. The SMILES string of the molecule is c1ccc(-c2ccccc2N(c2ccc3c(c2)C(c2ccccc2)(c2ccccc2)c2ccccc2-3)c2ccc3c(c2)C2(c4ccccc4-3)c3ccccc3-c3cccc4ccc(-c5cccc6ccccc56)c2c34)cc1. The van der Waals surface area contributed by atoms with Gasteiger partial charge in [-0.05, 0) is 146 Å². The van der Waals surface area contributed by atoms with E-state index in [1.807, 2.05) is 0 Å². The second kappa shape index (κ2) is 16.8. The van der Waals surface area contributed by atoms with E-state index in [0.717, 1.165) is 22.6 Å². The van der Waals surface area contributed by atoms with Crippen LogP contribution >= 0.6 is 0 Å². The van der Waals surface area contributed by atoms with Crippen molar-refractivity contribution in [3.8, 4) is 55.6 Å². The van der Waals surface area contributed by atoms with Crippen molar-refractivity contribution in [2.24, 2.45) is 0 Å². The molecule has 0 aromatic heterocycles. The molecule has 16 rings (SSSR count). The van der Waals surface area contributed by atoms with E-state index >= 15 is 0 Å². The molecule has 3 aliphatic rings. The fraction of sp³-hybridized carbons (Fsp3) is 0.0263. The molecule has 3 aliphatic carbocycles. The van der Waals surface area contributed by atoms with Crippen LogP contribution in [0.5, 0.6) is 0 Å². The van der Waals surface area contributed by atoms with Crippen molar-refractivity contribution in [2.45, 2.75) is 10.8 Å². The molecule has 0 bridgehead atoms. The van der Waals surface area contributed by atoms with Crippen molar-refractivity contribution in [3.63, 3.8) is 0 Å². The van der Waals surface area contributed by atoms with E-state index in [4.69, 9.17) is 0 Å². The summed E-state index contributed by atoms with van der Waals surface area (Å²) in [6.45, 7) is 0. The molecular formula is C76H49N. The van der Waals surface area contributed by atoms with Gasteiger partial charge in [-0.25, -0.2) is 0 Å². The van der Waals surface area contributed by atoms with E-state index in [1.165, 1.54) is 116 Å². The predicted octanol–water partition coefficient (Wildman–Crippen LogP) is 19.5. The first-order chi connectivity index (χ1) is 38.2. The minimum atomic E-state index is -0.696. The molecule has 0 radical (unpaired) electrons. The lowest BCUT2D eigenvalue weighted by atomic mass is 9.60. The first-order valence-corrected chi connectivity index (χ1v) is 26.9. The zero-order chi connectivity index (χ0) is 50.7. The van der Waals surface area contributed by atoms with Gasteiger partial charge in [0.05, 0.1) is 16.5 Å². The molecule has 1 spiro atoms. The smallest absolute Gasteiger partial charge is 0.0732 e. The predicted molar refractivity (Wildman–Crippen MR) is 321 cm³/mol. The van der Waals surface area contributed by atoms with Crippen LogP contribution in [0.25, 0.3) is 77.2 Å². The van der Waals surface area contributed by atoms with Crippen LogP contribution in [0.15, 0.2) is 297 Å². The first-order valence-electron chi connectivity index (χ1n) is 26.9. The molecule has 1 atom stereocenters. The van der Waals surface area contributed by atoms with Gasteiger partial charge in [0.1, 0.15) is 0 Å². The summed E-state index contributed by atoms with van der Waals surface area (Å²) in [4.78, 5) is 2.55. The molecule has 0 fully saturated rings. The Morgan fingerprint density at radius 1 is 0.247 bits per heavy atom. The summed E-state index contributed by atoms with van der Waals surface area (Å²) >= 11 is 0. The number of rotatable bonds is 7. The zero-order valence-corrected chi connectivity index (χ0v) is 42.2. The summed E-state index contributed by atoms with van der Waals surface area (Å²) in [6.07, 6.45) is 0. The fourth-order valence-corrected chi connectivity index (χ4v) is 14.4. The standard InChI is InChI=1S/C76H49N/c1-4-22-51(23-5-1)58-32-15-19-41-72(58)77(55-43-46-63-60-33-12-16-38-67(60)75(70(63)48-55,53-27-6-2-7-28-53)54-29-8-3-9-30-54)56-44-47-64-61-34-13-17-39-68(61)76(71(64)49-56)69-40-18-14-35-62(69)65-37-21-26-52-42-45-66(74(76)73(52)65)59-36-20-25-50-24-10-11-31-57(50)59/h1-49H. The van der Waals surface area contributed by atoms with Crippen LogP contribution in [0.1, 0.15) is 44.5 Å². The third kappa shape index (κ3) is 6.06. The normalized spacial score (nSPS) is 14.9. The van der Waals surface area contributed by atoms with Gasteiger partial charge in [0, 0.05) is 16.9 Å². The van der Waals surface area contributed by atoms with Crippen LogP contribution in [0, 0.1) is 0 Å². The van der Waals surface area contributed by atoms with Gasteiger partial charge in [-0.3, -0.25) is 0 Å². The van der Waals surface area contributed by atoms with Gasteiger partial charge < -0.3 is 4.90 Å². The highest BCUT2D eigenvalue weighted by Gasteiger charge is 2.52. The zero-order valence-electron chi connectivity index (χ0n) is 42.2. The Bertz CT molecular complexity index is 4470. The number of anilines is 3. The van der Waals surface area contributed by atoms with Crippen molar-refractivity contribution >= 4 is 38.6 Å². The summed E-state index contributed by atoms with van der Waals surface area (Å²) in [5, 5.41) is 5.04. The Hall–Kier alpha value is -9.82. The maximum atomic E-state index is 2.57. The summed E-state index contributed by atoms with van der Waals surface area (Å²) in [5.74, 6) is 0. The molecular weight excluding hydrogens is 927 g/mol. The third-order valence-corrected chi connectivity index (χ3v) is 17.3. The van der Waals surface area contributed by atoms with Crippen LogP contribution in [-0.4, -0.2) is 0 Å². The van der Waals surface area contributed by atoms with Gasteiger partial charge in [-0.15, -0.1) is 0 Å². The van der Waals surface area contributed by atoms with Gasteiger partial charge in [0.2, 0.25) is 0 Å². The lowest BCUT2D eigenvalue weighted by Gasteiger charge is -2.42. The molecule has 0 aliphatic heterocycles. The molecule has 77 heavy (non-hydrogen) atoms. The van der Waals surface area contributed by atoms with Gasteiger partial charge in [0.15, 0.2) is 0 Å². The Morgan fingerprint density at radius 2 is 0.675 bits per heavy atom. The van der Waals surface area contributed by atoms with Gasteiger partial charge >= 0.3 is 0 Å². The van der Waals surface area contributed by atoms with Crippen LogP contribution in [0.3, 0.4) is 0 Å². The highest BCUT2D eigenvalue weighted by Crippen LogP contribution is 2.65. The Morgan fingerprint density at radius 3 is 1.31 bits per heavy atom. The molecule has 0 amide bonds. The summed E-state index contributed by atoms with van der Waals surface area (Å²) in [7, 11) is 0. The average molecular weight is 976 g/mol. The molecule has 0 saturated heterocycles. The summed E-state index contributed by atoms with van der Waals surface area (Å²) in [5.41, 5.74) is 24.7. The van der Waals surface area contributed by atoms with Crippen molar-refractivity contribution in [1.29, 1.82) is 0 Å². The van der Waals surface area contributed by atoms with Crippen LogP contribution < -0.4 is 4.90 Å². The molecule has 0 saturated carbocycles. The average Bonchev–Trinajstić information content (AvgIpc) is 3.90. The Balaban J connectivity index is 1.02. The van der Waals surface area contributed by atoms with Crippen LogP contribution in [-0.2, 0) is 10.8 Å². The summed E-state index contributed by atoms with van der Waals surface area (Å²) < 4.78 is 0. The maximum absolute atomic E-state index is 2.57. The molecule has 358 valence electrons. The molecule has 1 heteroatoms. The molecule has 0 heterocycles. The van der Waals surface area contributed by atoms with E-state index in [0.29, 0.717) is 0 Å². The highest BCUT2D eigenvalue weighted by atomic mass is 15.1. The summed E-state index contributed by atoms with van der Waals surface area (Å²) in [6, 6.07) is 112. The van der Waals surface area contributed by atoms with Crippen molar-refractivity contribution < 1.29 is 0 Å². The third-order valence-electron chi connectivity index (χ3n) is 17.3. The van der Waals surface area contributed by atoms with E-state index in [2.05, 4.69) is 302 Å². The van der Waals surface area contributed by atoms with E-state index in [-0.39, 0.29) is 0 Å². The number of hydrogen-bond donors (Lipinski definition) is 0. The number of para-hydroxylation sites is 1. The van der Waals surface area contributed by atoms with Crippen molar-refractivity contribution in [2.75, 3.05) is 4.90 Å². The van der Waals surface area contributed by atoms with Gasteiger partial charge in [-0.2, -0.15) is 0 Å². The fourth-order valence-electron chi connectivity index (χ4n) is 14.4. The van der Waals surface area contributed by atoms with Crippen molar-refractivity contribution in [3.05, 3.63) is 342 Å². The van der Waals surface area contributed by atoms with E-state index in [1.54, 1.807) is 0 Å². The van der Waals surface area contributed by atoms with Crippen molar-refractivity contribution in [1.82, 2.24) is 0 Å². The number of fused-ring (bicyclic) bond motifs is 13. The minimum absolute atomic E-state index is 0.575. The van der Waals surface area contributed by atoms with Crippen LogP contribution in [0.2, 0.25) is 0 Å². The monoisotopic (exact) mass is 975 g/mol. The quantitative estimate of drug-likeness (QED) is 0.154. The van der Waals surface area contributed by atoms with Gasteiger partial charge in [0.25, 0.3) is 0 Å². The molecule has 1 unspecified atom stereocenters. The highest BCUT2D eigenvalue weighted by molar-refractivity contribution is 6.12. The lowest BCUT2D eigenvalue weighted by Crippen LogP contribution is -2.32. The second-order valence-corrected chi connectivity index (χ2v) is 21.0. The number of hydrogen-bond acceptors (Lipinski definition) is 1. The Labute approximate surface area is 449 Å². The Kier molecular flexibility index (Phi) is 9.53. The topological polar surface area (TPSA) is 3.24 Å². The first kappa shape index (κ1) is 43.6. The maximum Gasteiger partial charge on any atom is 0.0732 e. The molecule has 13 aromatic rings. The van der Waals surface area contributed by atoms with E-state index in [9.17, 15) is 0 Å². The number of benzene rings is 13.